The second kappa shape index (κ2) is 5.78. The van der Waals surface area contributed by atoms with E-state index in [1.165, 1.54) is 36.7 Å². The molecule has 1 aromatic carbocycles. The second-order valence-electron chi connectivity index (χ2n) is 4.21. The number of hydrogen-bond acceptors (Lipinski definition) is 2. The van der Waals surface area contributed by atoms with Crippen LogP contribution in [0, 0.1) is 0 Å². The number of carboxylic acid groups (broad SMARTS) is 1. The fraction of sp³-hybridized carbons (Fsp3) is 0.0667. The molecule has 1 N–H and O–H groups in total. The number of aromatic nitrogens is 1. The molecule has 0 amide bonds. The number of aliphatic carboxylic acids is 1. The summed E-state index contributed by atoms with van der Waals surface area (Å²) in [5.41, 5.74) is -0.229. The molecule has 21 heavy (non-hydrogen) atoms. The Bertz CT molecular complexity index is 679. The lowest BCUT2D eigenvalue weighted by atomic mass is 9.97. The van der Waals surface area contributed by atoms with E-state index in [9.17, 15) is 18.0 Å². The maximum absolute atomic E-state index is 13.2. The normalized spacial score (nSPS) is 11.8. The molecule has 0 aliphatic carbocycles. The molecule has 0 spiro atoms. The van der Waals surface area contributed by atoms with Crippen molar-refractivity contribution in [2.45, 2.75) is 6.18 Å². The summed E-state index contributed by atoms with van der Waals surface area (Å²) in [4.78, 5) is 14.2. The second-order valence-corrected chi connectivity index (χ2v) is 4.21. The third-order valence-electron chi connectivity index (χ3n) is 2.76. The average Bonchev–Trinajstić information content (AvgIpc) is 2.45. The fourth-order valence-electron chi connectivity index (χ4n) is 1.85. The minimum atomic E-state index is -4.54. The van der Waals surface area contributed by atoms with Gasteiger partial charge in [0.25, 0.3) is 0 Å². The van der Waals surface area contributed by atoms with Crippen LogP contribution in [0.25, 0.3) is 17.2 Å². The Hall–Kier alpha value is -2.63. The van der Waals surface area contributed by atoms with Crippen LogP contribution in [0.4, 0.5) is 13.2 Å². The lowest BCUT2D eigenvalue weighted by Crippen LogP contribution is -2.07. The maximum Gasteiger partial charge on any atom is 0.417 e. The topological polar surface area (TPSA) is 50.2 Å². The first-order valence-electron chi connectivity index (χ1n) is 5.90. The van der Waals surface area contributed by atoms with Gasteiger partial charge >= 0.3 is 12.1 Å². The van der Waals surface area contributed by atoms with Crippen molar-refractivity contribution >= 4 is 12.0 Å². The number of hydrogen-bond donors (Lipinski definition) is 1. The number of benzene rings is 1. The van der Waals surface area contributed by atoms with Gasteiger partial charge in [-0.2, -0.15) is 13.2 Å². The van der Waals surface area contributed by atoms with Crippen LogP contribution >= 0.6 is 0 Å². The summed E-state index contributed by atoms with van der Waals surface area (Å²) >= 11 is 0. The molecule has 2 rings (SSSR count). The van der Waals surface area contributed by atoms with Crippen LogP contribution < -0.4 is 0 Å². The third kappa shape index (κ3) is 3.68. The van der Waals surface area contributed by atoms with Crippen LogP contribution in [0.5, 0.6) is 0 Å². The van der Waals surface area contributed by atoms with Gasteiger partial charge in [0.05, 0.1) is 5.56 Å². The van der Waals surface area contributed by atoms with E-state index in [2.05, 4.69) is 4.98 Å². The van der Waals surface area contributed by atoms with Crippen LogP contribution in [0.3, 0.4) is 0 Å². The lowest BCUT2D eigenvalue weighted by Gasteiger charge is -2.13. The molecule has 3 nitrogen and oxygen atoms in total. The van der Waals surface area contributed by atoms with Crippen molar-refractivity contribution in [2.24, 2.45) is 0 Å². The van der Waals surface area contributed by atoms with Crippen molar-refractivity contribution < 1.29 is 23.1 Å². The van der Waals surface area contributed by atoms with Crippen LogP contribution in [0.1, 0.15) is 11.1 Å². The molecule has 108 valence electrons. The molecular weight excluding hydrogens is 283 g/mol. The van der Waals surface area contributed by atoms with E-state index in [0.717, 1.165) is 18.2 Å². The minimum Gasteiger partial charge on any atom is -0.478 e. The Morgan fingerprint density at radius 1 is 1.14 bits per heavy atom. The van der Waals surface area contributed by atoms with Gasteiger partial charge in [0.2, 0.25) is 0 Å². The summed E-state index contributed by atoms with van der Waals surface area (Å²) in [5.74, 6) is -1.22. The van der Waals surface area contributed by atoms with Crippen LogP contribution in [0.15, 0.2) is 48.8 Å². The van der Waals surface area contributed by atoms with Gasteiger partial charge in [-0.25, -0.2) is 4.79 Å². The van der Waals surface area contributed by atoms with E-state index in [1.54, 1.807) is 0 Å². The van der Waals surface area contributed by atoms with Crippen molar-refractivity contribution in [1.82, 2.24) is 4.98 Å². The van der Waals surface area contributed by atoms with Crippen LogP contribution in [-0.2, 0) is 11.0 Å². The number of halogens is 3. The summed E-state index contributed by atoms with van der Waals surface area (Å²) in [5, 5.41) is 8.52. The smallest absolute Gasteiger partial charge is 0.417 e. The first-order chi connectivity index (χ1) is 9.88. The highest BCUT2D eigenvalue weighted by Crippen LogP contribution is 2.37. The summed E-state index contributed by atoms with van der Waals surface area (Å²) in [6.07, 6.45) is 0.197. The number of nitrogens with zero attached hydrogens (tertiary/aromatic N) is 1. The van der Waals surface area contributed by atoms with Gasteiger partial charge in [-0.15, -0.1) is 0 Å². The van der Waals surface area contributed by atoms with E-state index < -0.39 is 17.7 Å². The zero-order chi connectivity index (χ0) is 15.5. The zero-order valence-corrected chi connectivity index (χ0v) is 10.6. The molecule has 2 aromatic rings. The lowest BCUT2D eigenvalue weighted by molar-refractivity contribution is -0.137. The van der Waals surface area contributed by atoms with E-state index in [1.807, 2.05) is 0 Å². The highest BCUT2D eigenvalue weighted by atomic mass is 19.4. The molecular formula is C15H10F3NO2. The molecule has 0 unspecified atom stereocenters. The van der Waals surface area contributed by atoms with Crippen molar-refractivity contribution in [1.29, 1.82) is 0 Å². The molecule has 0 saturated carbocycles. The van der Waals surface area contributed by atoms with Crippen molar-refractivity contribution in [2.75, 3.05) is 0 Å². The van der Waals surface area contributed by atoms with Gasteiger partial charge in [0, 0.05) is 18.5 Å². The molecule has 0 bridgehead atoms. The molecule has 0 radical (unpaired) electrons. The molecule has 1 heterocycles. The van der Waals surface area contributed by atoms with Gasteiger partial charge in [-0.3, -0.25) is 4.98 Å². The standard InChI is InChI=1S/C15H10F3NO2/c16-15(17,18)13-9-10(2-4-14(20)21)1-3-12(13)11-5-7-19-8-6-11/h1-9H,(H,20,21). The highest BCUT2D eigenvalue weighted by molar-refractivity contribution is 5.85. The van der Waals surface area contributed by atoms with E-state index >= 15 is 0 Å². The minimum absolute atomic E-state index is 0.0253. The predicted octanol–water partition coefficient (Wildman–Crippen LogP) is 3.87. The molecule has 0 saturated heterocycles. The molecule has 0 aliphatic heterocycles. The van der Waals surface area contributed by atoms with Gasteiger partial charge in [-0.1, -0.05) is 12.1 Å². The first kappa shape index (κ1) is 14.8. The number of alkyl halides is 3. The van der Waals surface area contributed by atoms with Gasteiger partial charge in [0.15, 0.2) is 0 Å². The Labute approximate surface area is 118 Å². The SMILES string of the molecule is O=C(O)C=Cc1ccc(-c2ccncc2)c(C(F)(F)F)c1. The summed E-state index contributed by atoms with van der Waals surface area (Å²) < 4.78 is 39.5. The van der Waals surface area contributed by atoms with Gasteiger partial charge in [0.1, 0.15) is 0 Å². The van der Waals surface area contributed by atoms with Crippen LogP contribution in [-0.4, -0.2) is 16.1 Å². The third-order valence-corrected chi connectivity index (χ3v) is 2.76. The summed E-state index contributed by atoms with van der Waals surface area (Å²) in [6.45, 7) is 0. The average molecular weight is 293 g/mol. The van der Waals surface area contributed by atoms with Crippen LogP contribution in [0.2, 0.25) is 0 Å². The summed E-state index contributed by atoms with van der Waals surface area (Å²) in [7, 11) is 0. The Morgan fingerprint density at radius 3 is 2.38 bits per heavy atom. The Kier molecular flexibility index (Phi) is 4.07. The number of pyridine rings is 1. The van der Waals surface area contributed by atoms with Crippen molar-refractivity contribution in [3.8, 4) is 11.1 Å². The monoisotopic (exact) mass is 293 g/mol. The molecule has 6 heteroatoms. The Morgan fingerprint density at radius 2 is 1.81 bits per heavy atom. The first-order valence-corrected chi connectivity index (χ1v) is 5.90. The maximum atomic E-state index is 13.2. The molecule has 0 aliphatic rings. The summed E-state index contributed by atoms with van der Waals surface area (Å²) in [6, 6.07) is 6.65. The Balaban J connectivity index is 2.54. The quantitative estimate of drug-likeness (QED) is 0.874. The molecule has 0 atom stereocenters. The van der Waals surface area contributed by atoms with Gasteiger partial charge in [-0.05, 0) is 41.0 Å². The molecule has 1 aromatic heterocycles. The number of carbonyl (C=O) groups is 1. The van der Waals surface area contributed by atoms with E-state index in [4.69, 9.17) is 5.11 Å². The highest BCUT2D eigenvalue weighted by Gasteiger charge is 2.33. The largest absolute Gasteiger partial charge is 0.478 e. The number of rotatable bonds is 3. The van der Waals surface area contributed by atoms with E-state index in [-0.39, 0.29) is 11.1 Å². The molecule has 0 fully saturated rings. The zero-order valence-electron chi connectivity index (χ0n) is 10.6. The fourth-order valence-corrected chi connectivity index (χ4v) is 1.85. The van der Waals surface area contributed by atoms with Crippen molar-refractivity contribution in [3.05, 3.63) is 59.9 Å². The van der Waals surface area contributed by atoms with Gasteiger partial charge < -0.3 is 5.11 Å². The van der Waals surface area contributed by atoms with Crippen molar-refractivity contribution in [3.63, 3.8) is 0 Å². The number of carboxylic acids is 1. The van der Waals surface area contributed by atoms with E-state index in [0.29, 0.717) is 5.56 Å². The predicted molar refractivity (Wildman–Crippen MR) is 71.3 cm³/mol.